The zero-order valence-corrected chi connectivity index (χ0v) is 16.6. The second-order valence-electron chi connectivity index (χ2n) is 7.21. The molecule has 2 amide bonds. The van der Waals surface area contributed by atoms with E-state index in [2.05, 4.69) is 15.2 Å². The zero-order chi connectivity index (χ0) is 19.7. The summed E-state index contributed by atoms with van der Waals surface area (Å²) >= 11 is 1.34. The van der Waals surface area contributed by atoms with Crippen molar-refractivity contribution in [3.05, 3.63) is 45.7 Å². The minimum Gasteiger partial charge on any atom is -0.368 e. The minimum absolute atomic E-state index is 0.0455. The standard InChI is InChI=1S/C20H23FN4O2S/c1-22-20(27)16-12-28-18(23-16)11-19(26)24-7-5-15(6-8-24)25-9-4-13-2-3-14(21)10-17(13)25/h2-3,10,12,15H,4-9,11H2,1H3,(H,22,27). The molecule has 28 heavy (non-hydrogen) atoms. The van der Waals surface area contributed by atoms with Gasteiger partial charge in [0.05, 0.1) is 6.42 Å². The number of likely N-dealkylation sites (tertiary alicyclic amines) is 1. The third-order valence-corrected chi connectivity index (χ3v) is 6.40. The highest BCUT2D eigenvalue weighted by Crippen LogP contribution is 2.33. The molecule has 0 atom stereocenters. The van der Waals surface area contributed by atoms with Gasteiger partial charge in [-0.3, -0.25) is 9.59 Å². The summed E-state index contributed by atoms with van der Waals surface area (Å²) in [5.74, 6) is -0.389. The number of halogens is 1. The van der Waals surface area contributed by atoms with Crippen molar-refractivity contribution in [3.8, 4) is 0 Å². The van der Waals surface area contributed by atoms with E-state index in [0.29, 0.717) is 29.8 Å². The van der Waals surface area contributed by atoms with Crippen molar-refractivity contribution in [1.82, 2.24) is 15.2 Å². The lowest BCUT2D eigenvalue weighted by Crippen LogP contribution is -2.46. The van der Waals surface area contributed by atoms with Crippen LogP contribution in [0, 0.1) is 5.82 Å². The summed E-state index contributed by atoms with van der Waals surface area (Å²) in [5.41, 5.74) is 2.57. The van der Waals surface area contributed by atoms with Gasteiger partial charge in [0.15, 0.2) is 0 Å². The van der Waals surface area contributed by atoms with Gasteiger partial charge in [0.1, 0.15) is 16.5 Å². The first-order valence-corrected chi connectivity index (χ1v) is 10.4. The van der Waals surface area contributed by atoms with Crippen LogP contribution in [-0.2, 0) is 17.6 Å². The Kier molecular flexibility index (Phi) is 5.30. The number of nitrogens with one attached hydrogen (secondary N) is 1. The van der Waals surface area contributed by atoms with Crippen LogP contribution in [-0.4, -0.2) is 54.4 Å². The first-order chi connectivity index (χ1) is 13.5. The summed E-state index contributed by atoms with van der Waals surface area (Å²) in [7, 11) is 1.56. The van der Waals surface area contributed by atoms with E-state index in [1.807, 2.05) is 11.0 Å². The number of carbonyl (C=O) groups excluding carboxylic acids is 2. The molecule has 0 unspecified atom stereocenters. The number of aromatic nitrogens is 1. The van der Waals surface area contributed by atoms with Crippen molar-refractivity contribution >= 4 is 28.8 Å². The van der Waals surface area contributed by atoms with Gasteiger partial charge in [0.25, 0.3) is 5.91 Å². The van der Waals surface area contributed by atoms with E-state index in [1.165, 1.54) is 23.0 Å². The van der Waals surface area contributed by atoms with Gasteiger partial charge in [0, 0.05) is 43.8 Å². The number of hydrogen-bond acceptors (Lipinski definition) is 5. The first kappa shape index (κ1) is 18.9. The summed E-state index contributed by atoms with van der Waals surface area (Å²) in [6, 6.07) is 5.38. The van der Waals surface area contributed by atoms with E-state index in [1.54, 1.807) is 18.5 Å². The van der Waals surface area contributed by atoms with Gasteiger partial charge in [-0.2, -0.15) is 0 Å². The first-order valence-electron chi connectivity index (χ1n) is 9.54. The number of amides is 2. The largest absolute Gasteiger partial charge is 0.368 e. The van der Waals surface area contributed by atoms with Gasteiger partial charge in [-0.1, -0.05) is 6.07 Å². The van der Waals surface area contributed by atoms with Gasteiger partial charge in [-0.05, 0) is 37.0 Å². The van der Waals surface area contributed by atoms with E-state index >= 15 is 0 Å². The fraction of sp³-hybridized carbons (Fsp3) is 0.450. The monoisotopic (exact) mass is 402 g/mol. The fourth-order valence-electron chi connectivity index (χ4n) is 4.05. The Hall–Kier alpha value is -2.48. The number of rotatable bonds is 4. The quantitative estimate of drug-likeness (QED) is 0.852. The average molecular weight is 402 g/mol. The second kappa shape index (κ2) is 7.87. The van der Waals surface area contributed by atoms with E-state index < -0.39 is 0 Å². The van der Waals surface area contributed by atoms with Crippen molar-refractivity contribution in [1.29, 1.82) is 0 Å². The van der Waals surface area contributed by atoms with E-state index in [-0.39, 0.29) is 24.1 Å². The number of thiazole rings is 1. The Labute approximate surface area is 167 Å². The molecular weight excluding hydrogens is 379 g/mol. The molecule has 1 N–H and O–H groups in total. The van der Waals surface area contributed by atoms with Gasteiger partial charge in [0.2, 0.25) is 5.91 Å². The lowest BCUT2D eigenvalue weighted by atomic mass is 10.0. The van der Waals surface area contributed by atoms with Gasteiger partial charge >= 0.3 is 0 Å². The highest BCUT2D eigenvalue weighted by Gasteiger charge is 2.31. The number of piperidine rings is 1. The number of hydrogen-bond donors (Lipinski definition) is 1. The summed E-state index contributed by atoms with van der Waals surface area (Å²) in [4.78, 5) is 32.6. The van der Waals surface area contributed by atoms with Gasteiger partial charge in [-0.15, -0.1) is 11.3 Å². The van der Waals surface area contributed by atoms with Crippen LogP contribution >= 0.6 is 11.3 Å². The number of nitrogens with zero attached hydrogens (tertiary/aromatic N) is 3. The molecule has 2 aliphatic heterocycles. The number of fused-ring (bicyclic) bond motifs is 1. The Morgan fingerprint density at radius 2 is 2.07 bits per heavy atom. The van der Waals surface area contributed by atoms with Crippen molar-refractivity contribution in [2.75, 3.05) is 31.6 Å². The normalized spacial score (nSPS) is 16.9. The third-order valence-electron chi connectivity index (χ3n) is 5.55. The van der Waals surface area contributed by atoms with Gasteiger partial charge in [-0.25, -0.2) is 9.37 Å². The molecule has 0 radical (unpaired) electrons. The maximum atomic E-state index is 13.6. The summed E-state index contributed by atoms with van der Waals surface area (Å²) in [6.45, 7) is 2.30. The molecule has 3 heterocycles. The van der Waals surface area contributed by atoms with Gasteiger partial charge < -0.3 is 15.1 Å². The van der Waals surface area contributed by atoms with Crippen LogP contribution in [0.25, 0.3) is 0 Å². The predicted octanol–water partition coefficient (Wildman–Crippen LogP) is 2.24. The molecule has 1 aromatic carbocycles. The molecule has 0 aliphatic carbocycles. The maximum Gasteiger partial charge on any atom is 0.270 e. The van der Waals surface area contributed by atoms with Crippen LogP contribution in [0.5, 0.6) is 0 Å². The summed E-state index contributed by atoms with van der Waals surface area (Å²) in [6.07, 6.45) is 2.93. The zero-order valence-electron chi connectivity index (χ0n) is 15.8. The Bertz CT molecular complexity index is 892. The van der Waals surface area contributed by atoms with E-state index in [0.717, 1.165) is 31.5 Å². The van der Waals surface area contributed by atoms with Crippen LogP contribution in [0.1, 0.15) is 33.9 Å². The molecule has 2 aromatic rings. The molecule has 1 fully saturated rings. The lowest BCUT2D eigenvalue weighted by molar-refractivity contribution is -0.131. The van der Waals surface area contributed by atoms with Crippen molar-refractivity contribution in [2.45, 2.75) is 31.7 Å². The SMILES string of the molecule is CNC(=O)c1csc(CC(=O)N2CCC(N3CCc4ccc(F)cc43)CC2)n1. The maximum absolute atomic E-state index is 13.6. The Morgan fingerprint density at radius 3 is 2.82 bits per heavy atom. The van der Waals surface area contributed by atoms with Crippen molar-refractivity contribution < 1.29 is 14.0 Å². The fourth-order valence-corrected chi connectivity index (χ4v) is 4.81. The molecule has 1 saturated heterocycles. The predicted molar refractivity (Wildman–Crippen MR) is 106 cm³/mol. The molecule has 0 saturated carbocycles. The molecule has 6 nitrogen and oxygen atoms in total. The second-order valence-corrected chi connectivity index (χ2v) is 8.15. The summed E-state index contributed by atoms with van der Waals surface area (Å²) < 4.78 is 13.6. The molecule has 148 valence electrons. The van der Waals surface area contributed by atoms with Crippen LogP contribution in [0.3, 0.4) is 0 Å². The van der Waals surface area contributed by atoms with Crippen LogP contribution in [0.15, 0.2) is 23.6 Å². The lowest BCUT2D eigenvalue weighted by Gasteiger charge is -2.38. The smallest absolute Gasteiger partial charge is 0.270 e. The number of carbonyl (C=O) groups is 2. The third kappa shape index (κ3) is 3.73. The highest BCUT2D eigenvalue weighted by molar-refractivity contribution is 7.09. The van der Waals surface area contributed by atoms with Crippen LogP contribution in [0.2, 0.25) is 0 Å². The average Bonchev–Trinajstić information content (AvgIpc) is 3.34. The number of anilines is 1. The molecule has 4 rings (SSSR count). The molecule has 1 aromatic heterocycles. The minimum atomic E-state index is -0.238. The van der Waals surface area contributed by atoms with Crippen molar-refractivity contribution in [2.24, 2.45) is 0 Å². The number of benzene rings is 1. The molecular formula is C20H23FN4O2S. The Balaban J connectivity index is 1.33. The molecule has 0 spiro atoms. The Morgan fingerprint density at radius 1 is 1.29 bits per heavy atom. The van der Waals surface area contributed by atoms with Crippen molar-refractivity contribution in [3.63, 3.8) is 0 Å². The molecule has 8 heteroatoms. The molecule has 0 bridgehead atoms. The highest BCUT2D eigenvalue weighted by atomic mass is 32.1. The van der Waals surface area contributed by atoms with E-state index in [9.17, 15) is 14.0 Å². The summed E-state index contributed by atoms with van der Waals surface area (Å²) in [5, 5.41) is 4.88. The van der Waals surface area contributed by atoms with Crippen LogP contribution in [0.4, 0.5) is 10.1 Å². The topological polar surface area (TPSA) is 65.5 Å². The van der Waals surface area contributed by atoms with Crippen LogP contribution < -0.4 is 10.2 Å². The molecule has 2 aliphatic rings. The van der Waals surface area contributed by atoms with E-state index in [4.69, 9.17) is 0 Å².